The van der Waals surface area contributed by atoms with Gasteiger partial charge >= 0.3 is 0 Å². The van der Waals surface area contributed by atoms with Crippen LogP contribution in [0.15, 0.2) is 73.1 Å². The Kier molecular flexibility index (Phi) is 4.75. The van der Waals surface area contributed by atoms with E-state index in [2.05, 4.69) is 5.32 Å². The number of aromatic nitrogens is 1. The Balaban J connectivity index is 1.77. The lowest BCUT2D eigenvalue weighted by Crippen LogP contribution is -2.19. The fourth-order valence-corrected chi connectivity index (χ4v) is 2.68. The molecule has 1 unspecified atom stereocenters. The summed E-state index contributed by atoms with van der Waals surface area (Å²) in [4.78, 5) is 12.4. The maximum atomic E-state index is 13.6. The predicted octanol–water partition coefficient (Wildman–Crippen LogP) is 4.55. The number of anilines is 1. The minimum Gasteiger partial charge on any atom is -0.346 e. The van der Waals surface area contributed by atoms with E-state index in [1.165, 1.54) is 6.07 Å². The average Bonchev–Trinajstić information content (AvgIpc) is 3.11. The van der Waals surface area contributed by atoms with Crippen molar-refractivity contribution >= 4 is 11.6 Å². The number of aryl methyl sites for hydroxylation is 1. The molecule has 0 aliphatic heterocycles. The van der Waals surface area contributed by atoms with Crippen LogP contribution in [0.5, 0.6) is 0 Å². The third-order valence-corrected chi connectivity index (χ3v) is 4.01. The first kappa shape index (κ1) is 16.0. The van der Waals surface area contributed by atoms with E-state index in [9.17, 15) is 9.18 Å². The second-order valence-corrected chi connectivity index (χ2v) is 5.77. The highest BCUT2D eigenvalue weighted by atomic mass is 19.1. The molecule has 4 heteroatoms. The van der Waals surface area contributed by atoms with Crippen molar-refractivity contribution in [3.05, 3.63) is 90.0 Å². The summed E-state index contributed by atoms with van der Waals surface area (Å²) in [6.45, 7) is 1.69. The van der Waals surface area contributed by atoms with Crippen molar-refractivity contribution in [3.63, 3.8) is 0 Å². The van der Waals surface area contributed by atoms with E-state index >= 15 is 0 Å². The summed E-state index contributed by atoms with van der Waals surface area (Å²) in [5.41, 5.74) is 2.09. The van der Waals surface area contributed by atoms with E-state index in [1.807, 2.05) is 59.4 Å². The maximum absolute atomic E-state index is 13.6. The van der Waals surface area contributed by atoms with Gasteiger partial charge in [0, 0.05) is 18.1 Å². The fourth-order valence-electron chi connectivity index (χ4n) is 2.68. The van der Waals surface area contributed by atoms with Gasteiger partial charge in [0.25, 0.3) is 0 Å². The highest BCUT2D eigenvalue weighted by Gasteiger charge is 2.17. The molecular weight excluding hydrogens is 303 g/mol. The lowest BCUT2D eigenvalue weighted by atomic mass is 10.0. The summed E-state index contributed by atoms with van der Waals surface area (Å²) in [5.74, 6) is -0.473. The topological polar surface area (TPSA) is 34.0 Å². The molecule has 3 rings (SSSR count). The highest BCUT2D eigenvalue weighted by Crippen LogP contribution is 2.23. The Morgan fingerprint density at radius 1 is 1.08 bits per heavy atom. The first-order chi connectivity index (χ1) is 11.6. The van der Waals surface area contributed by atoms with Crippen LogP contribution in [0.3, 0.4) is 0 Å². The van der Waals surface area contributed by atoms with Gasteiger partial charge in [-0.1, -0.05) is 36.4 Å². The van der Waals surface area contributed by atoms with Crippen LogP contribution >= 0.6 is 0 Å². The van der Waals surface area contributed by atoms with Crippen molar-refractivity contribution < 1.29 is 9.18 Å². The summed E-state index contributed by atoms with van der Waals surface area (Å²) in [6.07, 6.45) is 4.15. The zero-order valence-electron chi connectivity index (χ0n) is 13.4. The van der Waals surface area contributed by atoms with Gasteiger partial charge in [0.1, 0.15) is 5.82 Å². The van der Waals surface area contributed by atoms with Gasteiger partial charge in [-0.15, -0.1) is 0 Å². The number of benzene rings is 2. The molecule has 1 aromatic heterocycles. The molecule has 1 heterocycles. The molecule has 24 heavy (non-hydrogen) atoms. The van der Waals surface area contributed by atoms with Crippen LogP contribution in [-0.2, 0) is 4.79 Å². The molecule has 0 aliphatic carbocycles. The largest absolute Gasteiger partial charge is 0.346 e. The number of carbonyl (C=O) groups is 1. The van der Waals surface area contributed by atoms with Crippen LogP contribution in [0.25, 0.3) is 0 Å². The molecule has 3 nitrogen and oxygen atoms in total. The molecule has 122 valence electrons. The maximum Gasteiger partial charge on any atom is 0.226 e. The Morgan fingerprint density at radius 3 is 2.46 bits per heavy atom. The second kappa shape index (κ2) is 7.13. The van der Waals surface area contributed by atoms with Crippen LogP contribution in [0, 0.1) is 12.7 Å². The summed E-state index contributed by atoms with van der Waals surface area (Å²) >= 11 is 0. The number of rotatable bonds is 5. The van der Waals surface area contributed by atoms with Crippen LogP contribution in [0.2, 0.25) is 0 Å². The molecule has 1 amide bonds. The molecule has 0 radical (unpaired) electrons. The van der Waals surface area contributed by atoms with E-state index < -0.39 is 0 Å². The van der Waals surface area contributed by atoms with Crippen molar-refractivity contribution in [1.29, 1.82) is 0 Å². The molecule has 1 N–H and O–H groups in total. The SMILES string of the molecule is Cc1ccc(NC(=O)CC(c2ccccc2)n2cccc2)cc1F. The number of amides is 1. The zero-order valence-corrected chi connectivity index (χ0v) is 13.4. The van der Waals surface area contributed by atoms with E-state index in [1.54, 1.807) is 19.1 Å². The Labute approximate surface area is 140 Å². The zero-order chi connectivity index (χ0) is 16.9. The molecule has 0 saturated carbocycles. The Bertz CT molecular complexity index is 813. The van der Waals surface area contributed by atoms with Crippen LogP contribution in [0.1, 0.15) is 23.6 Å². The molecule has 3 aromatic rings. The minimum atomic E-state index is -0.321. The average molecular weight is 322 g/mol. The van der Waals surface area contributed by atoms with Crippen molar-refractivity contribution in [2.75, 3.05) is 5.32 Å². The lowest BCUT2D eigenvalue weighted by molar-refractivity contribution is -0.116. The van der Waals surface area contributed by atoms with Gasteiger partial charge in [-0.3, -0.25) is 4.79 Å². The molecule has 0 spiro atoms. The molecule has 0 fully saturated rings. The van der Waals surface area contributed by atoms with E-state index in [-0.39, 0.29) is 24.2 Å². The molecule has 2 aromatic carbocycles. The Hall–Kier alpha value is -2.88. The van der Waals surface area contributed by atoms with Gasteiger partial charge in [-0.25, -0.2) is 4.39 Å². The van der Waals surface area contributed by atoms with Gasteiger partial charge < -0.3 is 9.88 Å². The molecular formula is C20H19FN2O. The number of halogens is 1. The number of nitrogens with one attached hydrogen (secondary N) is 1. The highest BCUT2D eigenvalue weighted by molar-refractivity contribution is 5.91. The number of hydrogen-bond donors (Lipinski definition) is 1. The van der Waals surface area contributed by atoms with Crippen LogP contribution < -0.4 is 5.32 Å². The van der Waals surface area contributed by atoms with Gasteiger partial charge in [0.05, 0.1) is 12.5 Å². The van der Waals surface area contributed by atoms with Crippen LogP contribution in [-0.4, -0.2) is 10.5 Å². The van der Waals surface area contributed by atoms with Crippen molar-refractivity contribution in [3.8, 4) is 0 Å². The van der Waals surface area contributed by atoms with E-state index in [0.717, 1.165) is 5.56 Å². The van der Waals surface area contributed by atoms with Gasteiger partial charge in [-0.2, -0.15) is 0 Å². The first-order valence-corrected chi connectivity index (χ1v) is 7.87. The van der Waals surface area contributed by atoms with E-state index in [0.29, 0.717) is 11.3 Å². The monoisotopic (exact) mass is 322 g/mol. The first-order valence-electron chi connectivity index (χ1n) is 7.87. The molecule has 0 saturated heterocycles. The van der Waals surface area contributed by atoms with Gasteiger partial charge in [0.15, 0.2) is 0 Å². The van der Waals surface area contributed by atoms with Crippen molar-refractivity contribution in [2.45, 2.75) is 19.4 Å². The smallest absolute Gasteiger partial charge is 0.226 e. The third-order valence-electron chi connectivity index (χ3n) is 4.01. The standard InChI is InChI=1S/C20H19FN2O/c1-15-9-10-17(13-18(15)21)22-20(24)14-19(23-11-5-6-12-23)16-7-3-2-4-8-16/h2-13,19H,14H2,1H3,(H,22,24). The number of hydrogen-bond acceptors (Lipinski definition) is 1. The predicted molar refractivity (Wildman–Crippen MR) is 93.4 cm³/mol. The molecule has 1 atom stereocenters. The third kappa shape index (κ3) is 3.71. The van der Waals surface area contributed by atoms with E-state index in [4.69, 9.17) is 0 Å². The second-order valence-electron chi connectivity index (χ2n) is 5.77. The Morgan fingerprint density at radius 2 is 1.79 bits per heavy atom. The lowest BCUT2D eigenvalue weighted by Gasteiger charge is -2.19. The van der Waals surface area contributed by atoms with Crippen molar-refractivity contribution in [1.82, 2.24) is 4.57 Å². The molecule has 0 bridgehead atoms. The van der Waals surface area contributed by atoms with Gasteiger partial charge in [0.2, 0.25) is 5.91 Å². The summed E-state index contributed by atoms with van der Waals surface area (Å²) < 4.78 is 15.6. The fraction of sp³-hybridized carbons (Fsp3) is 0.150. The minimum absolute atomic E-state index is 0.100. The van der Waals surface area contributed by atoms with Crippen molar-refractivity contribution in [2.24, 2.45) is 0 Å². The number of nitrogens with zero attached hydrogens (tertiary/aromatic N) is 1. The van der Waals surface area contributed by atoms with Crippen LogP contribution in [0.4, 0.5) is 10.1 Å². The number of carbonyl (C=O) groups excluding carboxylic acids is 1. The molecule has 0 aliphatic rings. The summed E-state index contributed by atoms with van der Waals surface area (Å²) in [5, 5.41) is 2.78. The quantitative estimate of drug-likeness (QED) is 0.734. The summed E-state index contributed by atoms with van der Waals surface area (Å²) in [7, 11) is 0. The normalized spacial score (nSPS) is 11.9. The summed E-state index contributed by atoms with van der Waals surface area (Å²) in [6, 6.07) is 18.4. The van der Waals surface area contributed by atoms with Gasteiger partial charge in [-0.05, 0) is 42.3 Å².